The van der Waals surface area contributed by atoms with Crippen LogP contribution in [0, 0.1) is 0 Å². The molecule has 0 bridgehead atoms. The van der Waals surface area contributed by atoms with E-state index in [2.05, 4.69) is 140 Å². The SMILES string of the molecule is CC1(C)c2ccccc2-c2c(N(c3ccc(-c4ccccc4)cc3)c3ccc4oc5c(Cl)cccc5c4c3)cccc21. The molecule has 0 radical (unpaired) electrons. The van der Waals surface area contributed by atoms with Crippen LogP contribution in [-0.4, -0.2) is 0 Å². The summed E-state index contributed by atoms with van der Waals surface area (Å²) in [5.41, 5.74) is 12.4. The Hall–Kier alpha value is -4.79. The Balaban J connectivity index is 1.38. The molecule has 0 saturated carbocycles. The summed E-state index contributed by atoms with van der Waals surface area (Å²) < 4.78 is 6.19. The van der Waals surface area contributed by atoms with Gasteiger partial charge in [-0.05, 0) is 70.3 Å². The van der Waals surface area contributed by atoms with Crippen molar-refractivity contribution in [1.82, 2.24) is 0 Å². The molecule has 2 nitrogen and oxygen atoms in total. The highest BCUT2D eigenvalue weighted by atomic mass is 35.5. The Kier molecular flexibility index (Phi) is 5.57. The lowest BCUT2D eigenvalue weighted by molar-refractivity contribution is 0.660. The van der Waals surface area contributed by atoms with Gasteiger partial charge in [-0.25, -0.2) is 0 Å². The normalized spacial score (nSPS) is 13.3. The van der Waals surface area contributed by atoms with Gasteiger partial charge in [-0.1, -0.05) is 116 Å². The largest absolute Gasteiger partial charge is 0.454 e. The summed E-state index contributed by atoms with van der Waals surface area (Å²) in [6.45, 7) is 4.65. The van der Waals surface area contributed by atoms with Crippen LogP contribution in [0.2, 0.25) is 5.02 Å². The van der Waals surface area contributed by atoms with Crippen molar-refractivity contribution in [2.24, 2.45) is 0 Å². The third-order valence-electron chi connectivity index (χ3n) is 8.75. The van der Waals surface area contributed by atoms with E-state index in [1.165, 1.54) is 33.4 Å². The molecule has 1 aromatic heterocycles. The average molecular weight is 562 g/mol. The molecule has 8 rings (SSSR count). The molecule has 3 heteroatoms. The fourth-order valence-corrected chi connectivity index (χ4v) is 6.89. The van der Waals surface area contributed by atoms with E-state index in [-0.39, 0.29) is 5.41 Å². The molecular weight excluding hydrogens is 534 g/mol. The second-order valence-electron chi connectivity index (χ2n) is 11.5. The zero-order chi connectivity index (χ0) is 28.4. The Morgan fingerprint density at radius 3 is 2.12 bits per heavy atom. The average Bonchev–Trinajstić information content (AvgIpc) is 3.52. The second-order valence-corrected chi connectivity index (χ2v) is 11.9. The van der Waals surface area contributed by atoms with Crippen LogP contribution in [0.3, 0.4) is 0 Å². The number of hydrogen-bond donors (Lipinski definition) is 0. The minimum atomic E-state index is -0.0910. The van der Waals surface area contributed by atoms with E-state index in [1.54, 1.807) is 0 Å². The highest BCUT2D eigenvalue weighted by Crippen LogP contribution is 2.54. The fraction of sp³-hybridized carbons (Fsp3) is 0.0769. The number of nitrogens with zero attached hydrogens (tertiary/aromatic N) is 1. The number of anilines is 3. The molecule has 1 heterocycles. The van der Waals surface area contributed by atoms with Crippen molar-refractivity contribution in [1.29, 1.82) is 0 Å². The maximum absolute atomic E-state index is 6.52. The number of hydrogen-bond acceptors (Lipinski definition) is 2. The first-order valence-corrected chi connectivity index (χ1v) is 14.7. The molecule has 0 spiro atoms. The van der Waals surface area contributed by atoms with Gasteiger partial charge in [-0.15, -0.1) is 0 Å². The zero-order valence-electron chi connectivity index (χ0n) is 23.4. The van der Waals surface area contributed by atoms with Crippen molar-refractivity contribution in [3.05, 3.63) is 150 Å². The molecule has 1 aliphatic rings. The van der Waals surface area contributed by atoms with Crippen molar-refractivity contribution in [2.45, 2.75) is 19.3 Å². The fourth-order valence-electron chi connectivity index (χ4n) is 6.67. The van der Waals surface area contributed by atoms with E-state index in [1.807, 2.05) is 12.1 Å². The molecule has 1 aliphatic carbocycles. The van der Waals surface area contributed by atoms with Crippen LogP contribution in [0.15, 0.2) is 138 Å². The molecule has 6 aromatic carbocycles. The third kappa shape index (κ3) is 3.72. The molecular formula is C39H28ClNO. The monoisotopic (exact) mass is 561 g/mol. The third-order valence-corrected chi connectivity index (χ3v) is 9.05. The summed E-state index contributed by atoms with van der Waals surface area (Å²) >= 11 is 6.52. The highest BCUT2D eigenvalue weighted by molar-refractivity contribution is 6.35. The minimum absolute atomic E-state index is 0.0910. The number of benzene rings is 6. The van der Waals surface area contributed by atoms with E-state index in [4.69, 9.17) is 16.0 Å². The van der Waals surface area contributed by atoms with Gasteiger partial charge in [0.1, 0.15) is 5.58 Å². The molecule has 0 N–H and O–H groups in total. The van der Waals surface area contributed by atoms with E-state index in [9.17, 15) is 0 Å². The van der Waals surface area contributed by atoms with Gasteiger partial charge in [0.2, 0.25) is 0 Å². The maximum atomic E-state index is 6.52. The molecule has 0 unspecified atom stereocenters. The first-order valence-electron chi connectivity index (χ1n) is 14.3. The van der Waals surface area contributed by atoms with E-state index >= 15 is 0 Å². The summed E-state index contributed by atoms with van der Waals surface area (Å²) in [6, 6.07) is 47.3. The Labute approximate surface area is 250 Å². The lowest BCUT2D eigenvalue weighted by Gasteiger charge is -2.29. The highest BCUT2D eigenvalue weighted by Gasteiger charge is 2.37. The number of para-hydroxylation sites is 1. The maximum Gasteiger partial charge on any atom is 0.153 e. The Bertz CT molecular complexity index is 2120. The van der Waals surface area contributed by atoms with Crippen LogP contribution in [-0.2, 0) is 5.41 Å². The Morgan fingerprint density at radius 1 is 0.595 bits per heavy atom. The molecule has 0 saturated heterocycles. The van der Waals surface area contributed by atoms with Crippen LogP contribution in [0.5, 0.6) is 0 Å². The van der Waals surface area contributed by atoms with Gasteiger partial charge in [0, 0.05) is 33.1 Å². The van der Waals surface area contributed by atoms with Crippen LogP contribution in [0.25, 0.3) is 44.2 Å². The number of halogens is 1. The summed E-state index contributed by atoms with van der Waals surface area (Å²) in [5.74, 6) is 0. The summed E-state index contributed by atoms with van der Waals surface area (Å²) in [5, 5.41) is 2.69. The molecule has 0 amide bonds. The first-order chi connectivity index (χ1) is 20.5. The van der Waals surface area contributed by atoms with Gasteiger partial charge in [0.15, 0.2) is 5.58 Å². The van der Waals surface area contributed by atoms with Gasteiger partial charge in [-0.2, -0.15) is 0 Å². The van der Waals surface area contributed by atoms with Gasteiger partial charge in [0.05, 0.1) is 10.7 Å². The van der Waals surface area contributed by atoms with E-state index in [0.29, 0.717) is 5.02 Å². The van der Waals surface area contributed by atoms with Crippen LogP contribution >= 0.6 is 11.6 Å². The minimum Gasteiger partial charge on any atom is -0.454 e. The van der Waals surface area contributed by atoms with E-state index in [0.717, 1.165) is 39.0 Å². The molecule has 0 aliphatic heterocycles. The quantitative estimate of drug-likeness (QED) is 0.212. The smallest absolute Gasteiger partial charge is 0.153 e. The van der Waals surface area contributed by atoms with Crippen LogP contribution < -0.4 is 4.90 Å². The van der Waals surface area contributed by atoms with Crippen molar-refractivity contribution >= 4 is 50.6 Å². The number of fused-ring (bicyclic) bond motifs is 6. The standard InChI is InChI=1S/C39H28ClNO/c1-39(2)32-14-7-6-12-30(32)37-33(39)15-9-17-35(37)41(27-20-18-26(19-21-27)25-10-4-3-5-11-25)28-22-23-36-31(24-28)29-13-8-16-34(40)38(29)42-36/h3-24H,1-2H3. The van der Waals surface area contributed by atoms with Gasteiger partial charge in [-0.3, -0.25) is 0 Å². The predicted octanol–water partition coefficient (Wildman–Crippen LogP) is 11.7. The van der Waals surface area contributed by atoms with Crippen molar-refractivity contribution < 1.29 is 4.42 Å². The summed E-state index contributed by atoms with van der Waals surface area (Å²) in [6.07, 6.45) is 0. The lowest BCUT2D eigenvalue weighted by atomic mass is 9.82. The summed E-state index contributed by atoms with van der Waals surface area (Å²) in [4.78, 5) is 2.38. The predicted molar refractivity (Wildman–Crippen MR) is 176 cm³/mol. The van der Waals surface area contributed by atoms with Gasteiger partial charge < -0.3 is 9.32 Å². The van der Waals surface area contributed by atoms with Crippen LogP contribution in [0.1, 0.15) is 25.0 Å². The van der Waals surface area contributed by atoms with Crippen molar-refractivity contribution in [3.8, 4) is 22.3 Å². The molecule has 0 atom stereocenters. The molecule has 42 heavy (non-hydrogen) atoms. The first kappa shape index (κ1) is 25.0. The van der Waals surface area contributed by atoms with E-state index < -0.39 is 0 Å². The van der Waals surface area contributed by atoms with Gasteiger partial charge >= 0.3 is 0 Å². The molecule has 0 fully saturated rings. The summed E-state index contributed by atoms with van der Waals surface area (Å²) in [7, 11) is 0. The number of furan rings is 1. The number of rotatable bonds is 4. The van der Waals surface area contributed by atoms with Crippen LogP contribution in [0.4, 0.5) is 17.1 Å². The Morgan fingerprint density at radius 2 is 1.29 bits per heavy atom. The zero-order valence-corrected chi connectivity index (χ0v) is 24.2. The van der Waals surface area contributed by atoms with Crippen molar-refractivity contribution in [2.75, 3.05) is 4.90 Å². The molecule has 7 aromatic rings. The lowest BCUT2D eigenvalue weighted by Crippen LogP contribution is -2.16. The second kappa shape index (κ2) is 9.37. The topological polar surface area (TPSA) is 16.4 Å². The molecule has 202 valence electrons. The van der Waals surface area contributed by atoms with Gasteiger partial charge in [0.25, 0.3) is 0 Å². The van der Waals surface area contributed by atoms with Crippen molar-refractivity contribution in [3.63, 3.8) is 0 Å².